The number of hydrogen-bond acceptors (Lipinski definition) is 4. The van der Waals surface area contributed by atoms with E-state index in [9.17, 15) is 14.7 Å². The monoisotopic (exact) mass is 543 g/mol. The molecule has 0 saturated carbocycles. The van der Waals surface area contributed by atoms with Gasteiger partial charge in [0.15, 0.2) is 11.5 Å². The van der Waals surface area contributed by atoms with Crippen LogP contribution in [-0.4, -0.2) is 23.9 Å². The lowest BCUT2D eigenvalue weighted by Gasteiger charge is -2.16. The van der Waals surface area contributed by atoms with Crippen LogP contribution >= 0.6 is 0 Å². The molecule has 1 aromatic carbocycles. The first-order valence-electron chi connectivity index (χ1n) is 15.7. The molecule has 1 rings (SSSR count). The molecule has 0 aromatic heterocycles. The van der Waals surface area contributed by atoms with Crippen molar-refractivity contribution in [2.45, 2.75) is 136 Å². The molecule has 0 heterocycles. The molecular weight excluding hydrogens is 486 g/mol. The molecule has 0 aliphatic carbocycles. The van der Waals surface area contributed by atoms with Gasteiger partial charge in [-0.1, -0.05) is 116 Å². The zero-order valence-corrected chi connectivity index (χ0v) is 25.4. The zero-order valence-electron chi connectivity index (χ0n) is 25.4. The number of Topliss-reactive ketones (excluding diaryl/α,β-unsaturated/α-hetero) is 1. The Morgan fingerprint density at radius 3 is 2.05 bits per heavy atom. The van der Waals surface area contributed by atoms with E-state index < -0.39 is 5.92 Å². The zero-order chi connectivity index (χ0) is 28.7. The van der Waals surface area contributed by atoms with Crippen LogP contribution in [-0.2, 0) is 16.1 Å². The van der Waals surface area contributed by atoms with Crippen LogP contribution < -0.4 is 10.1 Å². The standard InChI is InChI=1S/C34H57NO4/c1-5-6-7-8-9-10-11-12-13-14-15-16-20-23-31(36)30(22-19-17-18-21-28(2)3)34(38)35-27-29-24-25-32(37)33(26-29)39-4/h18,21,24-26,28,30,37H,5-17,19-20,22-23,27H2,1-4H3,(H,35,38). The fourth-order valence-corrected chi connectivity index (χ4v) is 4.88. The van der Waals surface area contributed by atoms with Crippen LogP contribution in [0, 0.1) is 11.8 Å². The van der Waals surface area contributed by atoms with E-state index in [2.05, 4.69) is 38.2 Å². The number of phenolic OH excluding ortho intramolecular Hbond substituents is 1. The first-order chi connectivity index (χ1) is 18.9. The SMILES string of the molecule is CCCCCCCCCCCCCCCC(=O)C(CCCC=CC(C)C)C(=O)NCc1ccc(O)c(OC)c1. The van der Waals surface area contributed by atoms with Crippen molar-refractivity contribution in [3.63, 3.8) is 0 Å². The predicted molar refractivity (Wildman–Crippen MR) is 163 cm³/mol. The van der Waals surface area contributed by atoms with Gasteiger partial charge in [0.25, 0.3) is 0 Å². The average Bonchev–Trinajstić information content (AvgIpc) is 2.92. The summed E-state index contributed by atoms with van der Waals surface area (Å²) in [5, 5.41) is 12.7. The normalized spacial score (nSPS) is 12.2. The van der Waals surface area contributed by atoms with Gasteiger partial charge < -0.3 is 15.2 Å². The lowest BCUT2D eigenvalue weighted by molar-refractivity contribution is -0.134. The maximum absolute atomic E-state index is 13.1. The molecule has 5 nitrogen and oxygen atoms in total. The lowest BCUT2D eigenvalue weighted by atomic mass is 9.92. The number of nitrogens with one attached hydrogen (secondary N) is 1. The van der Waals surface area contributed by atoms with Crippen molar-refractivity contribution in [1.82, 2.24) is 5.32 Å². The van der Waals surface area contributed by atoms with Gasteiger partial charge in [-0.2, -0.15) is 0 Å². The minimum atomic E-state index is -0.603. The van der Waals surface area contributed by atoms with Crippen LogP contribution in [0.5, 0.6) is 11.5 Å². The Kier molecular flexibility index (Phi) is 20.0. The number of amides is 1. The van der Waals surface area contributed by atoms with E-state index in [1.165, 1.54) is 77.7 Å². The summed E-state index contributed by atoms with van der Waals surface area (Å²) >= 11 is 0. The largest absolute Gasteiger partial charge is 0.504 e. The molecule has 1 atom stereocenters. The van der Waals surface area contributed by atoms with E-state index in [1.54, 1.807) is 18.2 Å². The van der Waals surface area contributed by atoms with Gasteiger partial charge in [0.1, 0.15) is 5.78 Å². The van der Waals surface area contributed by atoms with Gasteiger partial charge in [-0.3, -0.25) is 9.59 Å². The minimum Gasteiger partial charge on any atom is -0.504 e. The molecule has 5 heteroatoms. The molecule has 0 bridgehead atoms. The maximum atomic E-state index is 13.1. The Labute approximate surface area is 239 Å². The Bertz CT molecular complexity index is 817. The molecule has 222 valence electrons. The number of carbonyl (C=O) groups excluding carboxylic acids is 2. The van der Waals surface area contributed by atoms with Gasteiger partial charge in [0.2, 0.25) is 5.91 Å². The predicted octanol–water partition coefficient (Wildman–Crippen LogP) is 9.07. The van der Waals surface area contributed by atoms with Gasteiger partial charge in [-0.25, -0.2) is 0 Å². The van der Waals surface area contributed by atoms with Crippen LogP contribution in [0.1, 0.15) is 135 Å². The first kappa shape index (κ1) is 34.7. The molecule has 0 fully saturated rings. The van der Waals surface area contributed by atoms with E-state index in [4.69, 9.17) is 4.74 Å². The number of benzene rings is 1. The number of aromatic hydroxyl groups is 1. The van der Waals surface area contributed by atoms with Gasteiger partial charge in [-0.15, -0.1) is 0 Å². The number of methoxy groups -OCH3 is 1. The number of unbranched alkanes of at least 4 members (excludes halogenated alkanes) is 13. The number of rotatable bonds is 24. The van der Waals surface area contributed by atoms with Crippen molar-refractivity contribution >= 4 is 11.7 Å². The molecule has 2 N–H and O–H groups in total. The first-order valence-corrected chi connectivity index (χ1v) is 15.7. The molecule has 0 radical (unpaired) electrons. The Balaban J connectivity index is 2.41. The Morgan fingerprint density at radius 1 is 0.897 bits per heavy atom. The molecule has 0 spiro atoms. The van der Waals surface area contributed by atoms with Crippen molar-refractivity contribution in [2.75, 3.05) is 7.11 Å². The summed E-state index contributed by atoms with van der Waals surface area (Å²) in [4.78, 5) is 26.1. The number of ketones is 1. The highest BCUT2D eigenvalue weighted by atomic mass is 16.5. The van der Waals surface area contributed by atoms with E-state index in [-0.39, 0.29) is 17.4 Å². The molecule has 0 saturated heterocycles. The third-order valence-corrected chi connectivity index (χ3v) is 7.33. The van der Waals surface area contributed by atoms with Crippen molar-refractivity contribution in [1.29, 1.82) is 0 Å². The lowest BCUT2D eigenvalue weighted by Crippen LogP contribution is -2.35. The topological polar surface area (TPSA) is 75.6 Å². The number of hydrogen-bond donors (Lipinski definition) is 2. The van der Waals surface area contributed by atoms with E-state index in [0.29, 0.717) is 31.1 Å². The highest BCUT2D eigenvalue weighted by Crippen LogP contribution is 2.26. The van der Waals surface area contributed by atoms with Crippen LogP contribution in [0.15, 0.2) is 30.4 Å². The summed E-state index contributed by atoms with van der Waals surface area (Å²) in [6.45, 7) is 6.84. The van der Waals surface area contributed by atoms with Crippen molar-refractivity contribution < 1.29 is 19.4 Å². The number of carbonyl (C=O) groups is 2. The third kappa shape index (κ3) is 17.1. The average molecular weight is 544 g/mol. The fraction of sp³-hybridized carbons (Fsp3) is 0.706. The third-order valence-electron chi connectivity index (χ3n) is 7.33. The van der Waals surface area contributed by atoms with Gasteiger partial charge >= 0.3 is 0 Å². The number of phenols is 1. The second kappa shape index (κ2) is 22.5. The molecule has 39 heavy (non-hydrogen) atoms. The summed E-state index contributed by atoms with van der Waals surface area (Å²) in [6.07, 6.45) is 23.6. The Morgan fingerprint density at radius 2 is 1.49 bits per heavy atom. The summed E-state index contributed by atoms with van der Waals surface area (Å²) < 4.78 is 5.16. The van der Waals surface area contributed by atoms with Crippen LogP contribution in [0.4, 0.5) is 0 Å². The fourth-order valence-electron chi connectivity index (χ4n) is 4.88. The van der Waals surface area contributed by atoms with Crippen LogP contribution in [0.25, 0.3) is 0 Å². The number of ether oxygens (including phenoxy) is 1. The van der Waals surface area contributed by atoms with E-state index in [1.807, 2.05) is 0 Å². The van der Waals surface area contributed by atoms with Crippen molar-refractivity contribution in [2.24, 2.45) is 11.8 Å². The highest BCUT2D eigenvalue weighted by Gasteiger charge is 2.25. The van der Waals surface area contributed by atoms with Crippen molar-refractivity contribution in [3.05, 3.63) is 35.9 Å². The highest BCUT2D eigenvalue weighted by molar-refractivity contribution is 6.01. The summed E-state index contributed by atoms with van der Waals surface area (Å²) in [5.74, 6) is 0.195. The quantitative estimate of drug-likeness (QED) is 0.0774. The maximum Gasteiger partial charge on any atom is 0.230 e. The molecule has 0 aliphatic rings. The molecule has 1 amide bonds. The Hall–Kier alpha value is -2.30. The summed E-state index contributed by atoms with van der Waals surface area (Å²) in [5.41, 5.74) is 0.820. The van der Waals surface area contributed by atoms with Crippen molar-refractivity contribution in [3.8, 4) is 11.5 Å². The van der Waals surface area contributed by atoms with Crippen LogP contribution in [0.3, 0.4) is 0 Å². The summed E-state index contributed by atoms with van der Waals surface area (Å²) in [7, 11) is 1.50. The summed E-state index contributed by atoms with van der Waals surface area (Å²) in [6, 6.07) is 5.01. The van der Waals surface area contributed by atoms with Gasteiger partial charge in [0.05, 0.1) is 13.0 Å². The van der Waals surface area contributed by atoms with E-state index in [0.717, 1.165) is 31.2 Å². The van der Waals surface area contributed by atoms with Gasteiger partial charge in [0, 0.05) is 13.0 Å². The van der Waals surface area contributed by atoms with Crippen LogP contribution in [0.2, 0.25) is 0 Å². The second-order valence-corrected chi connectivity index (χ2v) is 11.3. The molecular formula is C34H57NO4. The minimum absolute atomic E-state index is 0.0618. The molecule has 1 aromatic rings. The number of allylic oxidation sites excluding steroid dienone is 2. The molecule has 0 aliphatic heterocycles. The van der Waals surface area contributed by atoms with E-state index >= 15 is 0 Å². The molecule has 1 unspecified atom stereocenters. The second-order valence-electron chi connectivity index (χ2n) is 11.3. The smallest absolute Gasteiger partial charge is 0.230 e. The van der Waals surface area contributed by atoms with Gasteiger partial charge in [-0.05, 0) is 49.3 Å².